The topological polar surface area (TPSA) is 149 Å². The summed E-state index contributed by atoms with van der Waals surface area (Å²) in [4.78, 5) is 14.5. The minimum absolute atomic E-state index is 0.0554. The fraction of sp³-hybridized carbons (Fsp3) is 0.955. The minimum Gasteiger partial charge on any atom is -0.390 e. The number of hydrogen-bond acceptors (Lipinski definition) is 8. The van der Waals surface area contributed by atoms with Crippen LogP contribution < -0.4 is 27.4 Å². The van der Waals surface area contributed by atoms with E-state index in [9.17, 15) is 15.0 Å². The molecular weight excluding hydrogens is 396 g/mol. The van der Waals surface area contributed by atoms with Crippen molar-refractivity contribution in [2.24, 2.45) is 29.2 Å². The second-order valence-corrected chi connectivity index (χ2v) is 11.1. The van der Waals surface area contributed by atoms with Crippen molar-refractivity contribution in [3.8, 4) is 0 Å². The lowest BCUT2D eigenvalue weighted by Gasteiger charge is -2.48. The molecule has 2 aliphatic heterocycles. The fourth-order valence-corrected chi connectivity index (χ4v) is 5.50. The van der Waals surface area contributed by atoms with Crippen molar-refractivity contribution in [1.82, 2.24) is 20.9 Å². The Labute approximate surface area is 186 Å². The molecule has 0 aromatic heterocycles. The molecular formula is C22H44N6O3. The van der Waals surface area contributed by atoms with Gasteiger partial charge < -0.3 is 21.7 Å². The Morgan fingerprint density at radius 1 is 1.10 bits per heavy atom. The van der Waals surface area contributed by atoms with Gasteiger partial charge in [0.05, 0.1) is 23.3 Å². The summed E-state index contributed by atoms with van der Waals surface area (Å²) in [7, 11) is 0. The average molecular weight is 441 g/mol. The molecule has 2 saturated heterocycles. The summed E-state index contributed by atoms with van der Waals surface area (Å²) in [6, 6.07) is 0.222. The van der Waals surface area contributed by atoms with E-state index in [0.29, 0.717) is 6.54 Å². The van der Waals surface area contributed by atoms with E-state index in [1.54, 1.807) is 0 Å². The summed E-state index contributed by atoms with van der Waals surface area (Å²) in [6.45, 7) is 9.62. The van der Waals surface area contributed by atoms with Crippen molar-refractivity contribution in [1.29, 1.82) is 0 Å². The third-order valence-corrected chi connectivity index (χ3v) is 7.61. The Kier molecular flexibility index (Phi) is 7.68. The fourth-order valence-electron chi connectivity index (χ4n) is 5.50. The molecule has 1 amide bonds. The van der Waals surface area contributed by atoms with Crippen LogP contribution in [0.5, 0.6) is 0 Å². The molecule has 31 heavy (non-hydrogen) atoms. The second kappa shape index (κ2) is 9.59. The number of carbonyl (C=O) groups excluding carboxylic acids is 1. The van der Waals surface area contributed by atoms with Crippen LogP contribution in [0, 0.1) is 17.8 Å². The number of primary amides is 1. The number of nitrogens with two attached hydrogens (primary N) is 2. The first kappa shape index (κ1) is 24.8. The monoisotopic (exact) mass is 440 g/mol. The van der Waals surface area contributed by atoms with Crippen molar-refractivity contribution in [3.63, 3.8) is 0 Å². The molecule has 1 saturated carbocycles. The Balaban J connectivity index is 1.73. The van der Waals surface area contributed by atoms with Gasteiger partial charge in [0.2, 0.25) is 5.91 Å². The van der Waals surface area contributed by atoms with Gasteiger partial charge in [-0.15, -0.1) is 0 Å². The van der Waals surface area contributed by atoms with E-state index in [0.717, 1.165) is 45.2 Å². The van der Waals surface area contributed by atoms with Crippen LogP contribution in [0.1, 0.15) is 59.8 Å². The minimum atomic E-state index is -0.832. The van der Waals surface area contributed by atoms with Crippen molar-refractivity contribution in [3.05, 3.63) is 0 Å². The molecule has 1 aliphatic carbocycles. The van der Waals surface area contributed by atoms with E-state index in [1.165, 1.54) is 0 Å². The predicted molar refractivity (Wildman–Crippen MR) is 121 cm³/mol. The van der Waals surface area contributed by atoms with Gasteiger partial charge in [0, 0.05) is 31.7 Å². The zero-order valence-corrected chi connectivity index (χ0v) is 19.6. The van der Waals surface area contributed by atoms with Crippen LogP contribution in [-0.2, 0) is 4.79 Å². The molecule has 9 heteroatoms. The molecule has 180 valence electrons. The molecule has 9 N–H and O–H groups in total. The van der Waals surface area contributed by atoms with Gasteiger partial charge in [-0.2, -0.15) is 0 Å². The highest BCUT2D eigenvalue weighted by molar-refractivity contribution is 5.77. The van der Waals surface area contributed by atoms with Gasteiger partial charge >= 0.3 is 0 Å². The van der Waals surface area contributed by atoms with Gasteiger partial charge in [0.1, 0.15) is 6.29 Å². The molecule has 9 nitrogen and oxygen atoms in total. The molecule has 2 heterocycles. The summed E-state index contributed by atoms with van der Waals surface area (Å²) in [5, 5.41) is 32.0. The number of piperidine rings is 1. The third kappa shape index (κ3) is 6.37. The Bertz CT molecular complexity index is 597. The lowest BCUT2D eigenvalue weighted by molar-refractivity contribution is -0.125. The van der Waals surface area contributed by atoms with E-state index in [-0.39, 0.29) is 42.3 Å². The van der Waals surface area contributed by atoms with Gasteiger partial charge in [-0.1, -0.05) is 0 Å². The summed E-state index contributed by atoms with van der Waals surface area (Å²) in [5.41, 5.74) is 10.2. The van der Waals surface area contributed by atoms with Crippen LogP contribution in [0.15, 0.2) is 0 Å². The lowest BCUT2D eigenvalue weighted by atomic mass is 9.67. The maximum Gasteiger partial charge on any atom is 0.224 e. The van der Waals surface area contributed by atoms with Crippen molar-refractivity contribution >= 4 is 5.91 Å². The summed E-state index contributed by atoms with van der Waals surface area (Å²) in [5.74, 6) is -0.627. The van der Waals surface area contributed by atoms with Gasteiger partial charge in [-0.25, -0.2) is 0 Å². The van der Waals surface area contributed by atoms with Crippen LogP contribution in [0.2, 0.25) is 0 Å². The molecule has 3 fully saturated rings. The maximum absolute atomic E-state index is 12.2. The molecule has 0 radical (unpaired) electrons. The lowest BCUT2D eigenvalue weighted by Crippen LogP contribution is -2.72. The molecule has 0 spiro atoms. The number of aliphatic hydroxyl groups is 2. The second-order valence-electron chi connectivity index (χ2n) is 11.1. The number of nitrogens with zero attached hydrogens (tertiary/aromatic N) is 1. The van der Waals surface area contributed by atoms with Crippen LogP contribution in [0.25, 0.3) is 0 Å². The Morgan fingerprint density at radius 3 is 2.23 bits per heavy atom. The molecule has 0 aromatic carbocycles. The zero-order valence-electron chi connectivity index (χ0n) is 19.6. The Morgan fingerprint density at radius 2 is 1.71 bits per heavy atom. The van der Waals surface area contributed by atoms with Crippen LogP contribution in [-0.4, -0.2) is 76.4 Å². The predicted octanol–water partition coefficient (Wildman–Crippen LogP) is -0.770. The van der Waals surface area contributed by atoms with Crippen molar-refractivity contribution in [2.75, 3.05) is 19.6 Å². The first-order chi connectivity index (χ1) is 14.3. The molecule has 3 rings (SSSR count). The third-order valence-electron chi connectivity index (χ3n) is 7.61. The van der Waals surface area contributed by atoms with E-state index < -0.39 is 17.1 Å². The first-order valence-corrected chi connectivity index (χ1v) is 11.8. The number of carbonyl (C=O) groups is 1. The van der Waals surface area contributed by atoms with E-state index >= 15 is 0 Å². The van der Waals surface area contributed by atoms with E-state index in [4.69, 9.17) is 11.5 Å². The highest BCUT2D eigenvalue weighted by Crippen LogP contribution is 2.40. The standard InChI is InChI=1S/C22H44N6O3/c1-21(2,30)13-8-14(22(3,4)31)10-16(9-13)26-19-17(18(24)29)11-25-20(27-19)28-7-5-6-15(23)12-28/h13-17,19-20,25-27,30-31H,5-12,23H2,1-4H3,(H2,24,29)/t13?,14?,15-,16?,17?,19?,20?/m0/s1. The van der Waals surface area contributed by atoms with Crippen LogP contribution >= 0.6 is 0 Å². The SMILES string of the molecule is CC(C)(O)C1CC(NC2NC(N3CCC[C@H](N)C3)NCC2C(N)=O)CC(C(C)(C)O)C1. The number of likely N-dealkylation sites (tertiary alicyclic amines) is 1. The number of rotatable bonds is 6. The van der Waals surface area contributed by atoms with Crippen molar-refractivity contribution < 1.29 is 15.0 Å². The number of nitrogens with one attached hydrogen (secondary N) is 3. The summed E-state index contributed by atoms with van der Waals surface area (Å²) >= 11 is 0. The smallest absolute Gasteiger partial charge is 0.224 e. The largest absolute Gasteiger partial charge is 0.390 e. The van der Waals surface area contributed by atoms with E-state index in [2.05, 4.69) is 20.9 Å². The van der Waals surface area contributed by atoms with Gasteiger partial charge in [0.15, 0.2) is 0 Å². The maximum atomic E-state index is 12.2. The molecule has 0 aromatic rings. The highest BCUT2D eigenvalue weighted by Gasteiger charge is 2.44. The zero-order chi connectivity index (χ0) is 23.0. The quantitative estimate of drug-likeness (QED) is 0.285. The first-order valence-electron chi connectivity index (χ1n) is 11.8. The number of amides is 1. The van der Waals surface area contributed by atoms with Gasteiger partial charge in [0.25, 0.3) is 0 Å². The Hall–Kier alpha value is -0.810. The molecule has 3 aliphatic rings. The molecule has 0 bridgehead atoms. The average Bonchev–Trinajstić information content (AvgIpc) is 2.66. The molecule has 6 atom stereocenters. The number of hydrogen-bond donors (Lipinski definition) is 7. The molecule has 5 unspecified atom stereocenters. The van der Waals surface area contributed by atoms with Crippen LogP contribution in [0.3, 0.4) is 0 Å². The van der Waals surface area contributed by atoms with Crippen LogP contribution in [0.4, 0.5) is 0 Å². The summed E-state index contributed by atoms with van der Waals surface area (Å²) < 4.78 is 0. The van der Waals surface area contributed by atoms with Gasteiger partial charge in [-0.3, -0.25) is 25.6 Å². The van der Waals surface area contributed by atoms with Gasteiger partial charge in [-0.05, 0) is 71.6 Å². The highest BCUT2D eigenvalue weighted by atomic mass is 16.3. The van der Waals surface area contributed by atoms with E-state index in [1.807, 2.05) is 27.7 Å². The normalized spacial score (nSPS) is 38.7. The van der Waals surface area contributed by atoms with Crippen molar-refractivity contribution in [2.45, 2.75) is 95.5 Å². The summed E-state index contributed by atoms with van der Waals surface area (Å²) in [6.07, 6.45) is 4.08.